The molecule has 1 aliphatic rings. The van der Waals surface area contributed by atoms with Crippen molar-refractivity contribution in [3.63, 3.8) is 0 Å². The van der Waals surface area contributed by atoms with Crippen LogP contribution in [0.4, 0.5) is 10.5 Å². The largest absolute Gasteiger partial charge is 0.497 e. The van der Waals surface area contributed by atoms with Crippen LogP contribution in [0, 0.1) is 5.92 Å². The number of hydrogen-bond donors (Lipinski definition) is 1. The van der Waals surface area contributed by atoms with Gasteiger partial charge in [-0.15, -0.1) is 0 Å². The van der Waals surface area contributed by atoms with Crippen LogP contribution in [0.25, 0.3) is 0 Å². The number of esters is 1. The molecule has 1 heterocycles. The third kappa shape index (κ3) is 5.59. The Bertz CT molecular complexity index is 947. The van der Waals surface area contributed by atoms with Gasteiger partial charge in [-0.2, -0.15) is 0 Å². The normalized spacial score (nSPS) is 15.9. The van der Waals surface area contributed by atoms with Crippen molar-refractivity contribution in [2.45, 2.75) is 51.9 Å². The molecule has 7 nitrogen and oxygen atoms in total. The fraction of sp³-hybridized carbons (Fsp3) is 0.462. The number of carbonyl (C=O) groups is 2. The van der Waals surface area contributed by atoms with Crippen LogP contribution in [0.15, 0.2) is 54.6 Å². The number of likely N-dealkylation sites (tertiary alicyclic amines) is 1. The number of benzene rings is 2. The lowest BCUT2D eigenvalue weighted by atomic mass is 9.73. The first-order valence-corrected chi connectivity index (χ1v) is 11.2. The summed E-state index contributed by atoms with van der Waals surface area (Å²) in [6.07, 6.45) is -0.678. The van der Waals surface area contributed by atoms with Crippen LogP contribution in [0.5, 0.6) is 5.75 Å². The van der Waals surface area contributed by atoms with Crippen LogP contribution < -0.4 is 10.1 Å². The van der Waals surface area contributed by atoms with E-state index in [9.17, 15) is 9.59 Å². The number of ether oxygens (including phenoxy) is 3. The third-order valence-electron chi connectivity index (χ3n) is 5.47. The quantitative estimate of drug-likeness (QED) is 0.605. The molecule has 0 aliphatic carbocycles. The SMILES string of the molecule is COc1ccc(N[C@](C(=O)OC(C)C)(c2ccccc2)C2CN(C(=O)OC(C)(C)C)C2)cc1. The van der Waals surface area contributed by atoms with E-state index in [-0.39, 0.29) is 24.1 Å². The van der Waals surface area contributed by atoms with Crippen LogP contribution >= 0.6 is 0 Å². The molecule has 1 amide bonds. The van der Waals surface area contributed by atoms with Crippen molar-refractivity contribution in [1.29, 1.82) is 0 Å². The van der Waals surface area contributed by atoms with Crippen LogP contribution in [-0.2, 0) is 19.8 Å². The van der Waals surface area contributed by atoms with Crippen LogP contribution in [-0.4, -0.2) is 48.9 Å². The van der Waals surface area contributed by atoms with E-state index < -0.39 is 11.1 Å². The van der Waals surface area contributed by atoms with E-state index in [0.717, 1.165) is 17.0 Å². The van der Waals surface area contributed by atoms with Crippen molar-refractivity contribution in [1.82, 2.24) is 4.90 Å². The van der Waals surface area contributed by atoms with Gasteiger partial charge in [-0.25, -0.2) is 9.59 Å². The van der Waals surface area contributed by atoms with E-state index >= 15 is 0 Å². The van der Waals surface area contributed by atoms with Gasteiger partial charge in [-0.1, -0.05) is 30.3 Å². The van der Waals surface area contributed by atoms with Gasteiger partial charge in [-0.05, 0) is 64.4 Å². The summed E-state index contributed by atoms with van der Waals surface area (Å²) in [5.41, 5.74) is -0.244. The summed E-state index contributed by atoms with van der Waals surface area (Å²) >= 11 is 0. The predicted octanol–water partition coefficient (Wildman–Crippen LogP) is 4.82. The Morgan fingerprint density at radius 3 is 2.12 bits per heavy atom. The maximum atomic E-state index is 13.7. The molecular formula is C26H34N2O5. The van der Waals surface area contributed by atoms with Crippen LogP contribution in [0.2, 0.25) is 0 Å². The molecule has 0 spiro atoms. The summed E-state index contributed by atoms with van der Waals surface area (Å²) in [7, 11) is 1.61. The van der Waals surface area contributed by atoms with Gasteiger partial charge in [-0.3, -0.25) is 0 Å². The number of nitrogens with zero attached hydrogens (tertiary/aromatic N) is 1. The van der Waals surface area contributed by atoms with Gasteiger partial charge in [0.25, 0.3) is 0 Å². The minimum absolute atomic E-state index is 0.222. The maximum absolute atomic E-state index is 13.7. The van der Waals surface area contributed by atoms with Crippen molar-refractivity contribution in [2.24, 2.45) is 5.92 Å². The van der Waals surface area contributed by atoms with Gasteiger partial charge in [0.05, 0.1) is 13.2 Å². The molecule has 3 rings (SSSR count). The zero-order chi connectivity index (χ0) is 24.2. The number of hydrogen-bond acceptors (Lipinski definition) is 6. The van der Waals surface area contributed by atoms with Crippen LogP contribution in [0.3, 0.4) is 0 Å². The molecule has 0 bridgehead atoms. The average molecular weight is 455 g/mol. The molecule has 1 aliphatic heterocycles. The minimum atomic E-state index is -1.18. The van der Waals surface area contributed by atoms with E-state index in [2.05, 4.69) is 5.32 Å². The molecule has 1 fully saturated rings. The topological polar surface area (TPSA) is 77.1 Å². The lowest BCUT2D eigenvalue weighted by molar-refractivity contribution is -0.158. The van der Waals surface area contributed by atoms with Crippen molar-refractivity contribution in [2.75, 3.05) is 25.5 Å². The summed E-state index contributed by atoms with van der Waals surface area (Å²) in [6, 6.07) is 16.9. The third-order valence-corrected chi connectivity index (χ3v) is 5.47. The number of nitrogens with one attached hydrogen (secondary N) is 1. The highest BCUT2D eigenvalue weighted by molar-refractivity contribution is 5.88. The lowest BCUT2D eigenvalue weighted by Gasteiger charge is -2.49. The minimum Gasteiger partial charge on any atom is -0.497 e. The number of methoxy groups -OCH3 is 1. The van der Waals surface area contributed by atoms with Crippen molar-refractivity contribution >= 4 is 17.7 Å². The summed E-state index contributed by atoms with van der Waals surface area (Å²) in [4.78, 5) is 27.9. The standard InChI is InChI=1S/C26H34N2O5/c1-18(2)32-23(29)26(19-10-8-7-9-11-19,27-21-12-14-22(31-6)15-13-21)20-16-28(17-20)24(30)33-25(3,4)5/h7-15,18,20,27H,16-17H2,1-6H3/t26-/m1/s1. The highest BCUT2D eigenvalue weighted by atomic mass is 16.6. The Kier molecular flexibility index (Phi) is 7.20. The van der Waals surface area contributed by atoms with Gasteiger partial charge in [0.2, 0.25) is 0 Å². The van der Waals surface area contributed by atoms with E-state index in [1.165, 1.54) is 0 Å². The molecule has 1 N–H and O–H groups in total. The molecule has 0 radical (unpaired) electrons. The van der Waals surface area contributed by atoms with E-state index in [4.69, 9.17) is 14.2 Å². The van der Waals surface area contributed by atoms with E-state index in [1.54, 1.807) is 12.0 Å². The molecule has 33 heavy (non-hydrogen) atoms. The fourth-order valence-electron chi connectivity index (χ4n) is 3.88. The Morgan fingerprint density at radius 2 is 1.61 bits per heavy atom. The van der Waals surface area contributed by atoms with Crippen molar-refractivity contribution in [3.05, 3.63) is 60.2 Å². The first-order valence-electron chi connectivity index (χ1n) is 11.2. The van der Waals surface area contributed by atoms with Gasteiger partial charge >= 0.3 is 12.1 Å². The summed E-state index contributed by atoms with van der Waals surface area (Å²) < 4.78 is 16.5. The number of amides is 1. The first-order chi connectivity index (χ1) is 15.5. The monoisotopic (exact) mass is 454 g/mol. The highest BCUT2D eigenvalue weighted by Crippen LogP contribution is 2.41. The van der Waals surface area contributed by atoms with Crippen LogP contribution in [0.1, 0.15) is 40.2 Å². The number of anilines is 1. The van der Waals surface area contributed by atoms with Gasteiger partial charge < -0.3 is 24.4 Å². The molecule has 0 aromatic heterocycles. The molecule has 1 atom stereocenters. The van der Waals surface area contributed by atoms with E-state index in [1.807, 2.05) is 89.2 Å². The second-order valence-corrected chi connectivity index (χ2v) is 9.56. The number of carbonyl (C=O) groups excluding carboxylic acids is 2. The summed E-state index contributed by atoms with van der Waals surface area (Å²) in [6.45, 7) is 9.88. The van der Waals surface area contributed by atoms with Gasteiger partial charge in [0.15, 0.2) is 5.54 Å². The molecule has 2 aromatic rings. The smallest absolute Gasteiger partial charge is 0.410 e. The molecule has 0 unspecified atom stereocenters. The Morgan fingerprint density at radius 1 is 1.00 bits per heavy atom. The molecular weight excluding hydrogens is 420 g/mol. The Labute approximate surface area is 196 Å². The lowest BCUT2D eigenvalue weighted by Crippen LogP contribution is -2.64. The van der Waals surface area contributed by atoms with Gasteiger partial charge in [0, 0.05) is 24.7 Å². The molecule has 1 saturated heterocycles. The summed E-state index contributed by atoms with van der Waals surface area (Å²) in [5, 5.41) is 3.47. The highest BCUT2D eigenvalue weighted by Gasteiger charge is 2.55. The first kappa shape index (κ1) is 24.4. The van der Waals surface area contributed by atoms with Gasteiger partial charge in [0.1, 0.15) is 11.4 Å². The predicted molar refractivity (Wildman–Crippen MR) is 127 cm³/mol. The Balaban J connectivity index is 1.98. The molecule has 0 saturated carbocycles. The van der Waals surface area contributed by atoms with Crippen molar-refractivity contribution < 1.29 is 23.8 Å². The second-order valence-electron chi connectivity index (χ2n) is 9.56. The fourth-order valence-corrected chi connectivity index (χ4v) is 3.88. The zero-order valence-corrected chi connectivity index (χ0v) is 20.3. The molecule has 178 valence electrons. The molecule has 7 heteroatoms. The number of rotatable bonds is 7. The van der Waals surface area contributed by atoms with Crippen molar-refractivity contribution in [3.8, 4) is 5.75 Å². The van der Waals surface area contributed by atoms with E-state index in [0.29, 0.717) is 13.1 Å². The maximum Gasteiger partial charge on any atom is 0.410 e. The molecule has 2 aromatic carbocycles. The second kappa shape index (κ2) is 9.73. The zero-order valence-electron chi connectivity index (χ0n) is 20.3. The average Bonchev–Trinajstić information content (AvgIpc) is 2.71. The summed E-state index contributed by atoms with van der Waals surface area (Å²) in [5.74, 6) is 0.115. The Hall–Kier alpha value is -3.22.